The van der Waals surface area contributed by atoms with E-state index in [0.717, 1.165) is 34.7 Å². The Bertz CT molecular complexity index is 1210. The molecule has 7 heteroatoms. The van der Waals surface area contributed by atoms with Crippen LogP contribution in [0.4, 0.5) is 11.4 Å². The molecule has 1 aromatic heterocycles. The zero-order valence-corrected chi connectivity index (χ0v) is 17.5. The molecule has 0 spiro atoms. The summed E-state index contributed by atoms with van der Waals surface area (Å²) in [4.78, 5) is 16.3. The van der Waals surface area contributed by atoms with Gasteiger partial charge >= 0.3 is 0 Å². The molecule has 0 aliphatic heterocycles. The number of thiazole rings is 1. The Balaban J connectivity index is 1.74. The second-order valence-electron chi connectivity index (χ2n) is 6.68. The maximum absolute atomic E-state index is 11.0. The van der Waals surface area contributed by atoms with Gasteiger partial charge in [-0.2, -0.15) is 0 Å². The number of halogens is 1. The largest absolute Gasteiger partial charge is 0.316 e. The molecule has 0 aliphatic rings. The van der Waals surface area contributed by atoms with Crippen LogP contribution in [0.25, 0.3) is 11.3 Å². The van der Waals surface area contributed by atoms with Crippen LogP contribution in [-0.2, 0) is 13.0 Å². The third-order valence-electron chi connectivity index (χ3n) is 4.69. The molecular weight excluding hydrogens is 418 g/mol. The van der Waals surface area contributed by atoms with Gasteiger partial charge in [0.05, 0.1) is 16.3 Å². The predicted octanol–water partition coefficient (Wildman–Crippen LogP) is 6.25. The van der Waals surface area contributed by atoms with E-state index in [-0.39, 0.29) is 10.6 Å². The van der Waals surface area contributed by atoms with Crippen molar-refractivity contribution in [2.75, 3.05) is 0 Å². The fourth-order valence-electron chi connectivity index (χ4n) is 3.13. The van der Waals surface area contributed by atoms with Gasteiger partial charge in [-0.15, -0.1) is 11.3 Å². The van der Waals surface area contributed by atoms with Crippen molar-refractivity contribution in [3.05, 3.63) is 110 Å². The van der Waals surface area contributed by atoms with E-state index in [1.54, 1.807) is 23.5 Å². The molecule has 0 amide bonds. The Labute approximate surface area is 182 Å². The Morgan fingerprint density at radius 1 is 0.967 bits per heavy atom. The molecule has 0 bridgehead atoms. The van der Waals surface area contributed by atoms with Crippen LogP contribution in [0.1, 0.15) is 5.56 Å². The molecule has 0 aliphatic carbocycles. The van der Waals surface area contributed by atoms with Crippen LogP contribution < -0.4 is 4.80 Å². The molecule has 0 fully saturated rings. The van der Waals surface area contributed by atoms with Gasteiger partial charge in [0.1, 0.15) is 0 Å². The maximum atomic E-state index is 11.0. The number of nitro groups is 1. The van der Waals surface area contributed by atoms with Crippen LogP contribution in [0.15, 0.2) is 89.2 Å². The molecule has 0 radical (unpaired) electrons. The second kappa shape index (κ2) is 9.07. The van der Waals surface area contributed by atoms with Crippen molar-refractivity contribution < 1.29 is 4.92 Å². The first-order valence-electron chi connectivity index (χ1n) is 9.37. The summed E-state index contributed by atoms with van der Waals surface area (Å²) in [6.45, 7) is 0.742. The average Bonchev–Trinajstić information content (AvgIpc) is 3.17. The summed E-state index contributed by atoms with van der Waals surface area (Å²) in [6, 6.07) is 24.3. The van der Waals surface area contributed by atoms with Crippen molar-refractivity contribution in [1.82, 2.24) is 4.57 Å². The first-order chi connectivity index (χ1) is 14.6. The number of non-ortho nitro benzene ring substituents is 1. The topological polar surface area (TPSA) is 60.4 Å². The predicted molar refractivity (Wildman–Crippen MR) is 121 cm³/mol. The highest BCUT2D eigenvalue weighted by atomic mass is 35.5. The van der Waals surface area contributed by atoms with Gasteiger partial charge in [-0.1, -0.05) is 41.9 Å². The number of aromatic nitrogens is 1. The Kier molecular flexibility index (Phi) is 6.07. The van der Waals surface area contributed by atoms with Crippen LogP contribution in [0, 0.1) is 10.1 Å². The van der Waals surface area contributed by atoms with Gasteiger partial charge in [-0.05, 0) is 53.9 Å². The molecule has 0 saturated heterocycles. The Morgan fingerprint density at radius 3 is 2.33 bits per heavy atom. The summed E-state index contributed by atoms with van der Waals surface area (Å²) in [7, 11) is 0. The average molecular weight is 436 g/mol. The van der Waals surface area contributed by atoms with E-state index in [0.29, 0.717) is 5.02 Å². The molecule has 0 saturated carbocycles. The maximum Gasteiger partial charge on any atom is 0.269 e. The molecule has 5 nitrogen and oxygen atoms in total. The lowest BCUT2D eigenvalue weighted by Crippen LogP contribution is -2.17. The molecule has 0 N–H and O–H groups in total. The van der Waals surface area contributed by atoms with Gasteiger partial charge < -0.3 is 4.57 Å². The summed E-state index contributed by atoms with van der Waals surface area (Å²) < 4.78 is 2.16. The lowest BCUT2D eigenvalue weighted by atomic mass is 10.1. The summed E-state index contributed by atoms with van der Waals surface area (Å²) in [5.41, 5.74) is 4.05. The minimum absolute atomic E-state index is 0.0795. The number of nitrogens with zero attached hydrogens (tertiary/aromatic N) is 3. The van der Waals surface area contributed by atoms with E-state index in [1.165, 1.54) is 17.7 Å². The highest BCUT2D eigenvalue weighted by Crippen LogP contribution is 2.24. The standard InChI is InChI=1S/C23H18ClN3O2S/c24-19-8-10-20(11-9-19)25-23-26(15-14-17-4-2-1-3-5-17)22(16-30-23)18-6-12-21(13-7-18)27(28)29/h1-13,16H,14-15H2. The van der Waals surface area contributed by atoms with Crippen molar-refractivity contribution in [1.29, 1.82) is 0 Å². The number of nitro benzene ring substituents is 1. The van der Waals surface area contributed by atoms with E-state index in [4.69, 9.17) is 16.6 Å². The molecular formula is C23H18ClN3O2S. The van der Waals surface area contributed by atoms with E-state index in [9.17, 15) is 10.1 Å². The molecule has 0 unspecified atom stereocenters. The number of benzene rings is 3. The third-order valence-corrected chi connectivity index (χ3v) is 5.81. The zero-order chi connectivity index (χ0) is 20.9. The number of aryl methyl sites for hydroxylation is 1. The fraction of sp³-hybridized carbons (Fsp3) is 0.0870. The summed E-state index contributed by atoms with van der Waals surface area (Å²) in [5, 5.41) is 13.7. The van der Waals surface area contributed by atoms with Crippen molar-refractivity contribution in [2.45, 2.75) is 13.0 Å². The lowest BCUT2D eigenvalue weighted by molar-refractivity contribution is -0.384. The normalized spacial score (nSPS) is 11.6. The van der Waals surface area contributed by atoms with Crippen LogP contribution in [0.5, 0.6) is 0 Å². The second-order valence-corrected chi connectivity index (χ2v) is 7.96. The smallest absolute Gasteiger partial charge is 0.269 e. The Morgan fingerprint density at radius 2 is 1.67 bits per heavy atom. The Hall–Kier alpha value is -3.22. The molecule has 30 heavy (non-hydrogen) atoms. The highest BCUT2D eigenvalue weighted by Gasteiger charge is 2.11. The number of rotatable bonds is 6. The zero-order valence-electron chi connectivity index (χ0n) is 15.9. The van der Waals surface area contributed by atoms with Gasteiger partial charge in [0.25, 0.3) is 5.69 Å². The van der Waals surface area contributed by atoms with Crippen LogP contribution >= 0.6 is 22.9 Å². The SMILES string of the molecule is O=[N+]([O-])c1ccc(-c2csc(=Nc3ccc(Cl)cc3)n2CCc2ccccc2)cc1. The molecule has 4 rings (SSSR count). The van der Waals surface area contributed by atoms with Gasteiger partial charge in [0, 0.05) is 29.1 Å². The van der Waals surface area contributed by atoms with Crippen molar-refractivity contribution in [2.24, 2.45) is 4.99 Å². The van der Waals surface area contributed by atoms with E-state index in [2.05, 4.69) is 16.7 Å². The first kappa shape index (κ1) is 20.1. The van der Waals surface area contributed by atoms with Gasteiger partial charge in [0.15, 0.2) is 4.80 Å². The van der Waals surface area contributed by atoms with E-state index in [1.807, 2.05) is 47.8 Å². The van der Waals surface area contributed by atoms with Gasteiger partial charge in [-0.3, -0.25) is 10.1 Å². The van der Waals surface area contributed by atoms with Crippen molar-refractivity contribution in [3.8, 4) is 11.3 Å². The summed E-state index contributed by atoms with van der Waals surface area (Å²) in [5.74, 6) is 0. The number of hydrogen-bond acceptors (Lipinski definition) is 4. The minimum Gasteiger partial charge on any atom is -0.316 e. The lowest BCUT2D eigenvalue weighted by Gasteiger charge is -2.09. The van der Waals surface area contributed by atoms with Crippen LogP contribution in [0.3, 0.4) is 0 Å². The number of hydrogen-bond donors (Lipinski definition) is 0. The highest BCUT2D eigenvalue weighted by molar-refractivity contribution is 7.07. The van der Waals surface area contributed by atoms with E-state index < -0.39 is 0 Å². The van der Waals surface area contributed by atoms with Gasteiger partial charge in [-0.25, -0.2) is 4.99 Å². The van der Waals surface area contributed by atoms with Gasteiger partial charge in [0.2, 0.25) is 0 Å². The van der Waals surface area contributed by atoms with Crippen LogP contribution in [-0.4, -0.2) is 9.49 Å². The fourth-order valence-corrected chi connectivity index (χ4v) is 4.21. The molecule has 150 valence electrons. The molecule has 1 heterocycles. The quantitative estimate of drug-likeness (QED) is 0.265. The molecule has 3 aromatic carbocycles. The third kappa shape index (κ3) is 4.67. The summed E-state index contributed by atoms with van der Waals surface area (Å²) in [6.07, 6.45) is 0.853. The molecule has 4 aromatic rings. The summed E-state index contributed by atoms with van der Waals surface area (Å²) >= 11 is 7.54. The van der Waals surface area contributed by atoms with E-state index >= 15 is 0 Å². The molecule has 0 atom stereocenters. The van der Waals surface area contributed by atoms with Crippen molar-refractivity contribution in [3.63, 3.8) is 0 Å². The monoisotopic (exact) mass is 435 g/mol. The van der Waals surface area contributed by atoms with Crippen molar-refractivity contribution >= 4 is 34.3 Å². The van der Waals surface area contributed by atoms with Crippen LogP contribution in [0.2, 0.25) is 5.02 Å². The minimum atomic E-state index is -0.387. The first-order valence-corrected chi connectivity index (χ1v) is 10.6.